The Kier molecular flexibility index (Phi) is 6.62. The van der Waals surface area contributed by atoms with Gasteiger partial charge in [0.05, 0.1) is 5.69 Å². The van der Waals surface area contributed by atoms with E-state index in [1.165, 1.54) is 5.56 Å². The number of hydrogen-bond acceptors (Lipinski definition) is 5. The molecule has 2 amide bonds. The number of aromatic nitrogens is 3. The molecule has 0 atom stereocenters. The number of nitrogens with one attached hydrogen (secondary N) is 2. The molecule has 0 saturated carbocycles. The zero-order valence-electron chi connectivity index (χ0n) is 22.3. The van der Waals surface area contributed by atoms with E-state index in [1.807, 2.05) is 72.2 Å². The van der Waals surface area contributed by atoms with E-state index < -0.39 is 5.91 Å². The zero-order chi connectivity index (χ0) is 27.7. The molecule has 2 aromatic heterocycles. The summed E-state index contributed by atoms with van der Waals surface area (Å²) in [7, 11) is 0. The van der Waals surface area contributed by atoms with Crippen LogP contribution in [0.5, 0.6) is 0 Å². The molecule has 0 aliphatic heterocycles. The van der Waals surface area contributed by atoms with Gasteiger partial charge in [-0.05, 0) is 59.9 Å². The first-order valence-electron chi connectivity index (χ1n) is 12.6. The number of amides is 2. The van der Waals surface area contributed by atoms with Gasteiger partial charge in [-0.15, -0.1) is 0 Å². The predicted molar refractivity (Wildman–Crippen MR) is 154 cm³/mol. The van der Waals surface area contributed by atoms with Gasteiger partial charge in [-0.3, -0.25) is 9.59 Å². The van der Waals surface area contributed by atoms with Crippen LogP contribution in [0.15, 0.2) is 85.3 Å². The molecule has 2 heterocycles. The minimum Gasteiger partial charge on any atom is -0.366 e. The summed E-state index contributed by atoms with van der Waals surface area (Å²) in [6.45, 7) is 8.39. The van der Waals surface area contributed by atoms with Crippen LogP contribution in [0.1, 0.15) is 52.6 Å². The summed E-state index contributed by atoms with van der Waals surface area (Å²) in [6.07, 6.45) is 5.43. The van der Waals surface area contributed by atoms with Gasteiger partial charge < -0.3 is 20.8 Å². The second-order valence-corrected chi connectivity index (χ2v) is 10.5. The van der Waals surface area contributed by atoms with Crippen molar-refractivity contribution in [3.05, 3.63) is 108 Å². The lowest BCUT2D eigenvalue weighted by Crippen LogP contribution is -2.15. The second-order valence-electron chi connectivity index (χ2n) is 10.5. The number of carbonyl (C=O) groups is 2. The Bertz CT molecular complexity index is 1700. The Balaban J connectivity index is 1.46. The summed E-state index contributed by atoms with van der Waals surface area (Å²) in [6, 6.07) is 20.4. The van der Waals surface area contributed by atoms with Gasteiger partial charge in [-0.2, -0.15) is 0 Å². The van der Waals surface area contributed by atoms with Crippen molar-refractivity contribution in [3.8, 4) is 11.3 Å². The first-order valence-corrected chi connectivity index (χ1v) is 12.6. The molecule has 0 unspecified atom stereocenters. The summed E-state index contributed by atoms with van der Waals surface area (Å²) in [5, 5.41) is 6.32. The standard InChI is InChI=1S/C31H30N6O2/c1-19-24(9-6-10-25(19)36-30(39)20-11-13-22(14-12-20)31(2,3)4)26-18-37-16-15-33-29(37)28(35-26)34-23-8-5-7-21(17-23)27(32)38/h5-18H,1-4H3,(H2,32,38)(H,34,35)(H,36,39). The number of nitrogens with two attached hydrogens (primary N) is 1. The molecule has 4 N–H and O–H groups in total. The van der Waals surface area contributed by atoms with E-state index in [1.54, 1.807) is 24.4 Å². The lowest BCUT2D eigenvalue weighted by molar-refractivity contribution is 0.0997. The van der Waals surface area contributed by atoms with Crippen LogP contribution in [0, 0.1) is 6.92 Å². The maximum Gasteiger partial charge on any atom is 0.255 e. The molecular formula is C31H30N6O2. The average Bonchev–Trinajstić information content (AvgIpc) is 3.39. The molecule has 5 rings (SSSR count). The number of carbonyl (C=O) groups excluding carboxylic acids is 2. The summed E-state index contributed by atoms with van der Waals surface area (Å²) >= 11 is 0. The number of imidazole rings is 1. The fourth-order valence-electron chi connectivity index (χ4n) is 4.40. The third-order valence-corrected chi connectivity index (χ3v) is 6.65. The highest BCUT2D eigenvalue weighted by molar-refractivity contribution is 6.05. The third kappa shape index (κ3) is 5.36. The summed E-state index contributed by atoms with van der Waals surface area (Å²) in [5.74, 6) is -0.164. The molecule has 0 fully saturated rings. The molecule has 0 spiro atoms. The highest BCUT2D eigenvalue weighted by Crippen LogP contribution is 2.31. The van der Waals surface area contributed by atoms with E-state index in [0.29, 0.717) is 39.7 Å². The lowest BCUT2D eigenvalue weighted by atomic mass is 9.86. The number of hydrogen-bond donors (Lipinski definition) is 3. The Morgan fingerprint density at radius 1 is 0.949 bits per heavy atom. The van der Waals surface area contributed by atoms with Crippen LogP contribution in [0.2, 0.25) is 0 Å². The van der Waals surface area contributed by atoms with Crippen LogP contribution in [0.3, 0.4) is 0 Å². The van der Waals surface area contributed by atoms with Gasteiger partial charge in [0.2, 0.25) is 5.91 Å². The van der Waals surface area contributed by atoms with Crippen LogP contribution in [-0.2, 0) is 5.41 Å². The number of benzene rings is 3. The van der Waals surface area contributed by atoms with Crippen molar-refractivity contribution in [1.82, 2.24) is 14.4 Å². The molecular weight excluding hydrogens is 488 g/mol. The third-order valence-electron chi connectivity index (χ3n) is 6.65. The van der Waals surface area contributed by atoms with Crippen molar-refractivity contribution in [2.45, 2.75) is 33.1 Å². The Labute approximate surface area is 226 Å². The van der Waals surface area contributed by atoms with Gasteiger partial charge in [-0.25, -0.2) is 9.97 Å². The number of primary amides is 1. The van der Waals surface area contributed by atoms with Gasteiger partial charge in [0.15, 0.2) is 11.5 Å². The van der Waals surface area contributed by atoms with Crippen molar-refractivity contribution in [2.24, 2.45) is 5.73 Å². The van der Waals surface area contributed by atoms with Crippen LogP contribution < -0.4 is 16.4 Å². The molecule has 8 heteroatoms. The summed E-state index contributed by atoms with van der Waals surface area (Å²) in [5.41, 5.74) is 12.0. The molecule has 196 valence electrons. The van der Waals surface area contributed by atoms with Gasteiger partial charge in [0.25, 0.3) is 5.91 Å². The highest BCUT2D eigenvalue weighted by atomic mass is 16.2. The molecule has 0 aliphatic rings. The molecule has 5 aromatic rings. The van der Waals surface area contributed by atoms with Crippen LogP contribution in [0.4, 0.5) is 17.2 Å². The monoisotopic (exact) mass is 518 g/mol. The quantitative estimate of drug-likeness (QED) is 0.251. The van der Waals surface area contributed by atoms with Crippen molar-refractivity contribution in [2.75, 3.05) is 10.6 Å². The molecule has 0 radical (unpaired) electrons. The smallest absolute Gasteiger partial charge is 0.255 e. The topological polar surface area (TPSA) is 114 Å². The van der Waals surface area contributed by atoms with Crippen molar-refractivity contribution in [3.63, 3.8) is 0 Å². The largest absolute Gasteiger partial charge is 0.366 e. The van der Waals surface area contributed by atoms with Crippen molar-refractivity contribution in [1.29, 1.82) is 0 Å². The summed E-state index contributed by atoms with van der Waals surface area (Å²) in [4.78, 5) is 34.0. The van der Waals surface area contributed by atoms with E-state index in [-0.39, 0.29) is 11.3 Å². The van der Waals surface area contributed by atoms with Crippen molar-refractivity contribution < 1.29 is 9.59 Å². The van der Waals surface area contributed by atoms with Gasteiger partial charge in [0.1, 0.15) is 0 Å². The van der Waals surface area contributed by atoms with Gasteiger partial charge in [-0.1, -0.05) is 51.1 Å². The first kappa shape index (κ1) is 25.7. The van der Waals surface area contributed by atoms with E-state index in [9.17, 15) is 9.59 Å². The minimum absolute atomic E-state index is 0.0155. The Morgan fingerprint density at radius 2 is 1.69 bits per heavy atom. The first-order chi connectivity index (χ1) is 18.6. The lowest BCUT2D eigenvalue weighted by Gasteiger charge is -2.19. The van der Waals surface area contributed by atoms with Crippen LogP contribution >= 0.6 is 0 Å². The maximum atomic E-state index is 13.1. The Hall–Kier alpha value is -4.98. The predicted octanol–water partition coefficient (Wildman–Crippen LogP) is 6.10. The van der Waals surface area contributed by atoms with Gasteiger partial charge >= 0.3 is 0 Å². The SMILES string of the molecule is Cc1c(NC(=O)c2ccc(C(C)(C)C)cc2)cccc1-c1cn2ccnc2c(Nc2cccc(C(N)=O)c2)n1. The Morgan fingerprint density at radius 3 is 2.41 bits per heavy atom. The molecule has 3 aromatic carbocycles. The van der Waals surface area contributed by atoms with E-state index in [0.717, 1.165) is 11.1 Å². The number of rotatable bonds is 6. The van der Waals surface area contributed by atoms with E-state index >= 15 is 0 Å². The summed E-state index contributed by atoms with van der Waals surface area (Å²) < 4.78 is 1.88. The van der Waals surface area contributed by atoms with E-state index in [2.05, 4.69) is 36.4 Å². The highest BCUT2D eigenvalue weighted by Gasteiger charge is 2.17. The van der Waals surface area contributed by atoms with Crippen LogP contribution in [-0.4, -0.2) is 26.2 Å². The number of anilines is 3. The zero-order valence-corrected chi connectivity index (χ0v) is 22.3. The number of nitrogens with zero attached hydrogens (tertiary/aromatic N) is 3. The fraction of sp³-hybridized carbons (Fsp3) is 0.161. The molecule has 0 bridgehead atoms. The average molecular weight is 519 g/mol. The molecule has 0 aliphatic carbocycles. The molecule has 8 nitrogen and oxygen atoms in total. The number of fused-ring (bicyclic) bond motifs is 1. The second kappa shape index (κ2) is 10.1. The normalized spacial score (nSPS) is 11.4. The molecule has 0 saturated heterocycles. The molecule has 39 heavy (non-hydrogen) atoms. The van der Waals surface area contributed by atoms with Crippen LogP contribution in [0.25, 0.3) is 16.9 Å². The van der Waals surface area contributed by atoms with Crippen molar-refractivity contribution >= 4 is 34.7 Å². The fourth-order valence-corrected chi connectivity index (χ4v) is 4.40. The van der Waals surface area contributed by atoms with Gasteiger partial charge in [0, 0.05) is 46.7 Å². The minimum atomic E-state index is -0.508. The maximum absolute atomic E-state index is 13.1. The van der Waals surface area contributed by atoms with E-state index in [4.69, 9.17) is 10.7 Å².